The number of pyridine rings is 1. The van der Waals surface area contributed by atoms with E-state index in [0.717, 1.165) is 21.4 Å². The number of fused-ring (bicyclic) bond motifs is 1. The van der Waals surface area contributed by atoms with Crippen LogP contribution in [0.3, 0.4) is 0 Å². The van der Waals surface area contributed by atoms with Crippen molar-refractivity contribution in [3.63, 3.8) is 0 Å². The summed E-state index contributed by atoms with van der Waals surface area (Å²) in [6, 6.07) is 5.45. The van der Waals surface area contributed by atoms with Crippen LogP contribution in [-0.2, 0) is 18.3 Å². The van der Waals surface area contributed by atoms with E-state index in [1.165, 1.54) is 23.0 Å². The smallest absolute Gasteiger partial charge is 0.348 e. The molecule has 0 saturated heterocycles. The SMILES string of the molecule is COC(=O)c1cc2c(=O)n(C)cc(-c3cc(OC)c(CN(C)C)c(OC)c3)c2s1. The molecule has 0 unspecified atom stereocenters. The number of thiophene rings is 1. The minimum absolute atomic E-state index is 0.168. The minimum atomic E-state index is -0.462. The summed E-state index contributed by atoms with van der Waals surface area (Å²) in [4.78, 5) is 27.0. The zero-order valence-electron chi connectivity index (χ0n) is 17.4. The highest BCUT2D eigenvalue weighted by Crippen LogP contribution is 2.39. The third-order valence-electron chi connectivity index (χ3n) is 4.63. The first-order valence-electron chi connectivity index (χ1n) is 8.92. The van der Waals surface area contributed by atoms with E-state index in [1.807, 2.05) is 31.1 Å². The number of nitrogens with zero attached hydrogens (tertiary/aromatic N) is 2. The van der Waals surface area contributed by atoms with Crippen LogP contribution in [0.15, 0.2) is 29.2 Å². The summed E-state index contributed by atoms with van der Waals surface area (Å²) in [6.07, 6.45) is 1.77. The number of ether oxygens (including phenoxy) is 3. The van der Waals surface area contributed by atoms with Crippen molar-refractivity contribution in [2.45, 2.75) is 6.54 Å². The van der Waals surface area contributed by atoms with E-state index in [1.54, 1.807) is 33.5 Å². The van der Waals surface area contributed by atoms with Gasteiger partial charge in [0, 0.05) is 25.4 Å². The fraction of sp³-hybridized carbons (Fsp3) is 0.333. The van der Waals surface area contributed by atoms with Crippen molar-refractivity contribution < 1.29 is 19.0 Å². The van der Waals surface area contributed by atoms with Gasteiger partial charge in [-0.25, -0.2) is 4.79 Å². The number of aryl methyl sites for hydroxylation is 1. The Balaban J connectivity index is 2.30. The van der Waals surface area contributed by atoms with Crippen molar-refractivity contribution in [2.75, 3.05) is 35.4 Å². The monoisotopic (exact) mass is 416 g/mol. The zero-order chi connectivity index (χ0) is 21.3. The predicted octanol–water partition coefficient (Wildman–Crippen LogP) is 3.13. The van der Waals surface area contributed by atoms with Gasteiger partial charge in [0.05, 0.1) is 37.0 Å². The summed E-state index contributed by atoms with van der Waals surface area (Å²) < 4.78 is 18.3. The van der Waals surface area contributed by atoms with E-state index < -0.39 is 5.97 Å². The van der Waals surface area contributed by atoms with Gasteiger partial charge in [0.25, 0.3) is 5.56 Å². The summed E-state index contributed by atoms with van der Waals surface area (Å²) in [5, 5.41) is 0.478. The Kier molecular flexibility index (Phi) is 5.95. The van der Waals surface area contributed by atoms with Crippen LogP contribution in [0, 0.1) is 0 Å². The molecule has 7 nitrogen and oxygen atoms in total. The molecule has 0 saturated carbocycles. The number of carbonyl (C=O) groups is 1. The van der Waals surface area contributed by atoms with Crippen molar-refractivity contribution in [1.82, 2.24) is 9.47 Å². The fourth-order valence-corrected chi connectivity index (χ4v) is 4.37. The lowest BCUT2D eigenvalue weighted by molar-refractivity contribution is 0.0606. The van der Waals surface area contributed by atoms with Crippen LogP contribution in [-0.4, -0.2) is 50.9 Å². The molecule has 1 aromatic carbocycles. The molecular formula is C21H24N2O5S. The molecule has 0 aliphatic heterocycles. The maximum absolute atomic E-state index is 12.6. The standard InChI is InChI=1S/C21H24N2O5S/c1-22(2)10-15-16(26-4)7-12(8-17(15)27-5)14-11-23(3)20(24)13-9-18(21(25)28-6)29-19(13)14/h7-9,11H,10H2,1-6H3. The van der Waals surface area contributed by atoms with Crippen LogP contribution in [0.1, 0.15) is 15.2 Å². The predicted molar refractivity (Wildman–Crippen MR) is 114 cm³/mol. The number of aromatic nitrogens is 1. The van der Waals surface area contributed by atoms with Gasteiger partial charge in [-0.15, -0.1) is 11.3 Å². The lowest BCUT2D eigenvalue weighted by atomic mass is 10.0. The Hall–Kier alpha value is -2.84. The number of carbonyl (C=O) groups excluding carboxylic acids is 1. The van der Waals surface area contributed by atoms with Gasteiger partial charge in [-0.2, -0.15) is 0 Å². The van der Waals surface area contributed by atoms with Gasteiger partial charge < -0.3 is 23.7 Å². The van der Waals surface area contributed by atoms with Crippen molar-refractivity contribution >= 4 is 27.4 Å². The van der Waals surface area contributed by atoms with E-state index in [2.05, 4.69) is 0 Å². The van der Waals surface area contributed by atoms with E-state index in [9.17, 15) is 9.59 Å². The van der Waals surface area contributed by atoms with Crippen molar-refractivity contribution in [1.29, 1.82) is 0 Å². The Bertz CT molecular complexity index is 1110. The van der Waals surface area contributed by atoms with E-state index in [-0.39, 0.29) is 5.56 Å². The number of benzene rings is 1. The van der Waals surface area contributed by atoms with Gasteiger partial charge >= 0.3 is 5.97 Å². The highest BCUT2D eigenvalue weighted by Gasteiger charge is 2.20. The van der Waals surface area contributed by atoms with Crippen LogP contribution >= 0.6 is 11.3 Å². The van der Waals surface area contributed by atoms with Crippen molar-refractivity contribution in [3.8, 4) is 22.6 Å². The first-order chi connectivity index (χ1) is 13.8. The van der Waals surface area contributed by atoms with Crippen molar-refractivity contribution in [2.24, 2.45) is 7.05 Å². The van der Waals surface area contributed by atoms with E-state index in [0.29, 0.717) is 28.3 Å². The highest BCUT2D eigenvalue weighted by atomic mass is 32.1. The molecule has 0 aliphatic rings. The van der Waals surface area contributed by atoms with E-state index >= 15 is 0 Å². The number of esters is 1. The maximum Gasteiger partial charge on any atom is 0.348 e. The average Bonchev–Trinajstić information content (AvgIpc) is 3.15. The molecule has 0 spiro atoms. The second-order valence-corrected chi connectivity index (χ2v) is 7.95. The van der Waals surface area contributed by atoms with Gasteiger partial charge in [0.1, 0.15) is 16.4 Å². The van der Waals surface area contributed by atoms with Crippen LogP contribution in [0.5, 0.6) is 11.5 Å². The molecule has 3 aromatic rings. The molecule has 0 radical (unpaired) electrons. The molecule has 0 fully saturated rings. The number of methoxy groups -OCH3 is 3. The van der Waals surface area contributed by atoms with Gasteiger partial charge in [0.2, 0.25) is 0 Å². The Morgan fingerprint density at radius 2 is 1.72 bits per heavy atom. The van der Waals surface area contributed by atoms with Crippen molar-refractivity contribution in [3.05, 3.63) is 45.2 Å². The van der Waals surface area contributed by atoms with Crippen LogP contribution in [0.25, 0.3) is 21.2 Å². The third kappa shape index (κ3) is 3.86. The summed E-state index contributed by atoms with van der Waals surface area (Å²) in [7, 11) is 10.2. The molecule has 2 aromatic heterocycles. The van der Waals surface area contributed by atoms with Gasteiger partial charge in [-0.3, -0.25) is 4.79 Å². The largest absolute Gasteiger partial charge is 0.496 e. The minimum Gasteiger partial charge on any atom is -0.496 e. The number of hydrogen-bond donors (Lipinski definition) is 0. The Morgan fingerprint density at radius 3 is 2.24 bits per heavy atom. The van der Waals surface area contributed by atoms with Crippen LogP contribution in [0.4, 0.5) is 0 Å². The molecule has 2 heterocycles. The second-order valence-electron chi connectivity index (χ2n) is 6.90. The highest BCUT2D eigenvalue weighted by molar-refractivity contribution is 7.21. The summed E-state index contributed by atoms with van der Waals surface area (Å²) >= 11 is 1.24. The van der Waals surface area contributed by atoms with Gasteiger partial charge in [0.15, 0.2) is 0 Å². The van der Waals surface area contributed by atoms with Gasteiger partial charge in [-0.05, 0) is 37.9 Å². The average molecular weight is 416 g/mol. The molecule has 3 rings (SSSR count). The maximum atomic E-state index is 12.6. The molecule has 0 aliphatic carbocycles. The second kappa shape index (κ2) is 8.26. The molecule has 0 amide bonds. The number of rotatable bonds is 6. The van der Waals surface area contributed by atoms with Crippen LogP contribution < -0.4 is 15.0 Å². The lowest BCUT2D eigenvalue weighted by Gasteiger charge is -2.19. The zero-order valence-corrected chi connectivity index (χ0v) is 18.2. The summed E-state index contributed by atoms with van der Waals surface area (Å²) in [5.74, 6) is 0.926. The fourth-order valence-electron chi connectivity index (χ4n) is 3.27. The Labute approximate surface area is 173 Å². The Morgan fingerprint density at radius 1 is 1.10 bits per heavy atom. The quantitative estimate of drug-likeness (QED) is 0.575. The summed E-state index contributed by atoms with van der Waals surface area (Å²) in [6.45, 7) is 0.654. The third-order valence-corrected chi connectivity index (χ3v) is 5.78. The number of hydrogen-bond acceptors (Lipinski definition) is 7. The first-order valence-corrected chi connectivity index (χ1v) is 9.73. The topological polar surface area (TPSA) is 70.0 Å². The first kappa shape index (κ1) is 20.9. The normalized spacial score (nSPS) is 11.1. The lowest BCUT2D eigenvalue weighted by Crippen LogP contribution is -2.16. The molecule has 0 atom stereocenters. The van der Waals surface area contributed by atoms with Gasteiger partial charge in [-0.1, -0.05) is 0 Å². The molecular weight excluding hydrogens is 392 g/mol. The van der Waals surface area contributed by atoms with Crippen LogP contribution in [0.2, 0.25) is 0 Å². The summed E-state index contributed by atoms with van der Waals surface area (Å²) in [5.41, 5.74) is 2.42. The molecule has 0 N–H and O–H groups in total. The van der Waals surface area contributed by atoms with E-state index in [4.69, 9.17) is 14.2 Å². The molecule has 154 valence electrons. The molecule has 0 bridgehead atoms. The molecule has 29 heavy (non-hydrogen) atoms. The molecule has 8 heteroatoms.